The minimum absolute atomic E-state index is 0.0232. The standard InChI is InChI=1S/C22H28N8O4/c1-33-15-19(32)27-6-8-28(9-7-27)20-24-21(29-10-12-34-13-11-29)26-22(25-20)30-17-5-3-2-4-16(17)23-18(30)14-31/h2-5,31H,6-15H2,1H3. The Morgan fingerprint density at radius 1 is 0.941 bits per heavy atom. The second-order valence-corrected chi connectivity index (χ2v) is 8.15. The third-order valence-corrected chi connectivity index (χ3v) is 6.05. The number of carbonyl (C=O) groups is 1. The van der Waals surface area contributed by atoms with E-state index in [1.165, 1.54) is 7.11 Å². The largest absolute Gasteiger partial charge is 0.388 e. The van der Waals surface area contributed by atoms with Gasteiger partial charge in [0.25, 0.3) is 0 Å². The number of para-hydroxylation sites is 2. The van der Waals surface area contributed by atoms with Gasteiger partial charge in [0.15, 0.2) is 0 Å². The van der Waals surface area contributed by atoms with E-state index in [4.69, 9.17) is 24.4 Å². The normalized spacial score (nSPS) is 16.9. The number of piperazine rings is 1. The Morgan fingerprint density at radius 3 is 2.26 bits per heavy atom. The molecular formula is C22H28N8O4. The maximum absolute atomic E-state index is 12.2. The first kappa shape index (κ1) is 22.4. The number of aliphatic hydroxyl groups excluding tert-OH is 1. The van der Waals surface area contributed by atoms with Gasteiger partial charge >= 0.3 is 0 Å². The van der Waals surface area contributed by atoms with Gasteiger partial charge in [0.1, 0.15) is 19.0 Å². The van der Waals surface area contributed by atoms with Crippen LogP contribution in [0.1, 0.15) is 5.82 Å². The second kappa shape index (κ2) is 9.87. The third kappa shape index (κ3) is 4.39. The number of carbonyl (C=O) groups excluding carboxylic acids is 1. The van der Waals surface area contributed by atoms with E-state index in [-0.39, 0.29) is 19.1 Å². The molecule has 34 heavy (non-hydrogen) atoms. The van der Waals surface area contributed by atoms with Crippen LogP contribution in [0.25, 0.3) is 17.0 Å². The van der Waals surface area contributed by atoms with Gasteiger partial charge < -0.3 is 29.3 Å². The van der Waals surface area contributed by atoms with Gasteiger partial charge in [-0.1, -0.05) is 12.1 Å². The number of aromatic nitrogens is 5. The van der Waals surface area contributed by atoms with E-state index in [1.807, 2.05) is 24.3 Å². The number of ether oxygens (including phenoxy) is 2. The van der Waals surface area contributed by atoms with Crippen LogP contribution in [0.2, 0.25) is 0 Å². The lowest BCUT2D eigenvalue weighted by molar-refractivity contribution is -0.135. The number of benzene rings is 1. The summed E-state index contributed by atoms with van der Waals surface area (Å²) >= 11 is 0. The summed E-state index contributed by atoms with van der Waals surface area (Å²) in [5.74, 6) is 1.93. The molecule has 2 fully saturated rings. The van der Waals surface area contributed by atoms with E-state index in [2.05, 4.69) is 14.8 Å². The van der Waals surface area contributed by atoms with Gasteiger partial charge in [-0.15, -0.1) is 0 Å². The molecule has 0 saturated carbocycles. The molecule has 0 unspecified atom stereocenters. The highest BCUT2D eigenvalue weighted by atomic mass is 16.5. The minimum Gasteiger partial charge on any atom is -0.388 e. The number of morpholine rings is 1. The Hall–Kier alpha value is -3.35. The fraction of sp³-hybridized carbons (Fsp3) is 0.500. The first-order valence-corrected chi connectivity index (χ1v) is 11.4. The molecule has 5 rings (SSSR count). The molecule has 1 aromatic carbocycles. The number of amides is 1. The molecule has 180 valence electrons. The molecule has 2 aliphatic rings. The van der Waals surface area contributed by atoms with Crippen molar-refractivity contribution in [1.29, 1.82) is 0 Å². The summed E-state index contributed by atoms with van der Waals surface area (Å²) in [7, 11) is 1.52. The van der Waals surface area contributed by atoms with Crippen LogP contribution in [-0.2, 0) is 20.9 Å². The van der Waals surface area contributed by atoms with Crippen molar-refractivity contribution >= 4 is 28.8 Å². The number of imidazole rings is 1. The molecule has 12 heteroatoms. The highest BCUT2D eigenvalue weighted by molar-refractivity contribution is 5.78. The summed E-state index contributed by atoms with van der Waals surface area (Å²) < 4.78 is 12.3. The predicted octanol–water partition coefficient (Wildman–Crippen LogP) is -0.166. The zero-order valence-electron chi connectivity index (χ0n) is 19.1. The van der Waals surface area contributed by atoms with E-state index < -0.39 is 0 Å². The van der Waals surface area contributed by atoms with Crippen LogP contribution in [0.4, 0.5) is 11.9 Å². The fourth-order valence-electron chi connectivity index (χ4n) is 4.27. The lowest BCUT2D eigenvalue weighted by Crippen LogP contribution is -2.50. The fourth-order valence-corrected chi connectivity index (χ4v) is 4.27. The Kier molecular flexibility index (Phi) is 6.52. The number of anilines is 2. The second-order valence-electron chi connectivity index (χ2n) is 8.15. The molecule has 0 spiro atoms. The van der Waals surface area contributed by atoms with E-state index in [0.29, 0.717) is 76.2 Å². The summed E-state index contributed by atoms with van der Waals surface area (Å²) in [4.78, 5) is 37.0. The molecule has 3 aromatic rings. The first-order chi connectivity index (χ1) is 16.7. The molecule has 2 aromatic heterocycles. The summed E-state index contributed by atoms with van der Waals surface area (Å²) in [5.41, 5.74) is 1.57. The van der Waals surface area contributed by atoms with Crippen molar-refractivity contribution in [2.24, 2.45) is 0 Å². The highest BCUT2D eigenvalue weighted by Gasteiger charge is 2.26. The number of rotatable bonds is 6. The van der Waals surface area contributed by atoms with Crippen molar-refractivity contribution in [1.82, 2.24) is 29.4 Å². The van der Waals surface area contributed by atoms with Crippen LogP contribution in [0, 0.1) is 0 Å². The number of fused-ring (bicyclic) bond motifs is 1. The smallest absolute Gasteiger partial charge is 0.248 e. The van der Waals surface area contributed by atoms with Crippen molar-refractivity contribution in [3.63, 3.8) is 0 Å². The van der Waals surface area contributed by atoms with E-state index >= 15 is 0 Å². The summed E-state index contributed by atoms with van der Waals surface area (Å²) in [5, 5.41) is 10.0. The monoisotopic (exact) mass is 468 g/mol. The first-order valence-electron chi connectivity index (χ1n) is 11.4. The van der Waals surface area contributed by atoms with Crippen LogP contribution in [0.15, 0.2) is 24.3 Å². The van der Waals surface area contributed by atoms with Crippen molar-refractivity contribution in [2.45, 2.75) is 6.61 Å². The topological polar surface area (TPSA) is 122 Å². The Labute approximate surface area is 196 Å². The molecule has 0 atom stereocenters. The van der Waals surface area contributed by atoms with Gasteiger partial charge in [-0.3, -0.25) is 9.36 Å². The third-order valence-electron chi connectivity index (χ3n) is 6.05. The number of methoxy groups -OCH3 is 1. The van der Waals surface area contributed by atoms with Crippen LogP contribution in [-0.4, -0.2) is 107 Å². The average Bonchev–Trinajstić information content (AvgIpc) is 3.28. The molecular weight excluding hydrogens is 440 g/mol. The van der Waals surface area contributed by atoms with Crippen LogP contribution < -0.4 is 9.80 Å². The van der Waals surface area contributed by atoms with E-state index in [1.54, 1.807) is 9.47 Å². The van der Waals surface area contributed by atoms with E-state index in [0.717, 1.165) is 11.0 Å². The Bertz CT molecular complexity index is 1160. The molecule has 0 radical (unpaired) electrons. The van der Waals surface area contributed by atoms with Crippen molar-refractivity contribution in [3.8, 4) is 5.95 Å². The molecule has 1 amide bonds. The van der Waals surface area contributed by atoms with Crippen LogP contribution in [0.5, 0.6) is 0 Å². The van der Waals surface area contributed by atoms with Crippen molar-refractivity contribution in [3.05, 3.63) is 30.1 Å². The molecule has 0 bridgehead atoms. The van der Waals surface area contributed by atoms with Crippen LogP contribution >= 0.6 is 0 Å². The zero-order chi connectivity index (χ0) is 23.5. The predicted molar refractivity (Wildman–Crippen MR) is 124 cm³/mol. The number of hydrogen-bond donors (Lipinski definition) is 1. The van der Waals surface area contributed by atoms with Crippen molar-refractivity contribution in [2.75, 3.05) is 76.0 Å². The van der Waals surface area contributed by atoms with Gasteiger partial charge in [0.05, 0.1) is 24.2 Å². The molecule has 12 nitrogen and oxygen atoms in total. The van der Waals surface area contributed by atoms with Crippen LogP contribution in [0.3, 0.4) is 0 Å². The molecule has 1 N–H and O–H groups in total. The van der Waals surface area contributed by atoms with Gasteiger partial charge in [0, 0.05) is 46.4 Å². The van der Waals surface area contributed by atoms with Gasteiger partial charge in [-0.05, 0) is 12.1 Å². The van der Waals surface area contributed by atoms with Gasteiger partial charge in [-0.2, -0.15) is 15.0 Å². The average molecular weight is 469 g/mol. The molecule has 0 aliphatic carbocycles. The Morgan fingerprint density at radius 2 is 1.59 bits per heavy atom. The number of aliphatic hydroxyl groups is 1. The number of hydrogen-bond acceptors (Lipinski definition) is 10. The Balaban J connectivity index is 1.52. The number of nitrogens with zero attached hydrogens (tertiary/aromatic N) is 8. The maximum Gasteiger partial charge on any atom is 0.248 e. The molecule has 2 aliphatic heterocycles. The highest BCUT2D eigenvalue weighted by Crippen LogP contribution is 2.24. The summed E-state index contributed by atoms with van der Waals surface area (Å²) in [6, 6.07) is 7.65. The quantitative estimate of drug-likeness (QED) is 0.522. The lowest BCUT2D eigenvalue weighted by atomic mass is 10.3. The summed E-state index contributed by atoms with van der Waals surface area (Å²) in [6.45, 7) is 4.71. The molecule has 4 heterocycles. The van der Waals surface area contributed by atoms with Gasteiger partial charge in [-0.25, -0.2) is 4.98 Å². The van der Waals surface area contributed by atoms with Crippen molar-refractivity contribution < 1.29 is 19.4 Å². The lowest BCUT2D eigenvalue weighted by Gasteiger charge is -2.35. The van der Waals surface area contributed by atoms with Gasteiger partial charge in [0.2, 0.25) is 23.8 Å². The zero-order valence-corrected chi connectivity index (χ0v) is 19.1. The van der Waals surface area contributed by atoms with E-state index in [9.17, 15) is 9.90 Å². The maximum atomic E-state index is 12.2. The molecule has 2 saturated heterocycles. The SMILES string of the molecule is COCC(=O)N1CCN(c2nc(N3CCOCC3)nc(-n3c(CO)nc4ccccc43)n2)CC1. The summed E-state index contributed by atoms with van der Waals surface area (Å²) in [6.07, 6.45) is 0. The minimum atomic E-state index is -0.247.